The van der Waals surface area contributed by atoms with E-state index >= 15 is 0 Å². The summed E-state index contributed by atoms with van der Waals surface area (Å²) in [5, 5.41) is 16.9. The summed E-state index contributed by atoms with van der Waals surface area (Å²) in [7, 11) is 0.628. The zero-order chi connectivity index (χ0) is 42.2. The van der Waals surface area contributed by atoms with Crippen LogP contribution in [0, 0.1) is 13.8 Å². The Morgan fingerprint density at radius 2 is 1.07 bits per heavy atom. The molecule has 0 saturated heterocycles. The van der Waals surface area contributed by atoms with Gasteiger partial charge >= 0.3 is 114 Å². The summed E-state index contributed by atoms with van der Waals surface area (Å²) in [5.74, 6) is -0.265. The number of imidazole rings is 1. The maximum atomic E-state index is 12.9. The Morgan fingerprint density at radius 3 is 1.58 bits per heavy atom. The van der Waals surface area contributed by atoms with Crippen LogP contribution >= 0.6 is 99.9 Å². The fourth-order valence-corrected chi connectivity index (χ4v) is 5.55. The van der Waals surface area contributed by atoms with Gasteiger partial charge in [-0.2, -0.15) is 25.3 Å². The van der Waals surface area contributed by atoms with Gasteiger partial charge in [0.2, 0.25) is 0 Å². The number of carbonyl (C=O) groups is 2. The minimum absolute atomic E-state index is 0.121. The third kappa shape index (κ3) is 12.8. The van der Waals surface area contributed by atoms with Crippen molar-refractivity contribution in [2.24, 2.45) is 10.2 Å². The standard InChI is InChI=1S/2C16H14N6O.2C2H6.5HI.2V/c1-10-13-15(18-8-17-10)21(9-19-13)14-11(2)20-22(16(14)23)12-6-4-3-5-7-12;1-10-13-8-19-22(15(13)18-9-17-10)14-11(2)20-21(16(14)23)12-6-4-3-5-7-12;2*1-2;;;;;;;/h2*3-9,14H,1-2H3;2*1-2H3;5*1H;;/q;;;;;;;;;+2;+3/p-5. The molecule has 0 radical (unpaired) electrons. The van der Waals surface area contributed by atoms with Crippen molar-refractivity contribution in [1.82, 2.24) is 39.3 Å². The van der Waals surface area contributed by atoms with Crippen LogP contribution < -0.4 is 10.0 Å². The van der Waals surface area contributed by atoms with Crippen molar-refractivity contribution in [2.75, 3.05) is 10.0 Å². The third-order valence-electron chi connectivity index (χ3n) is 7.85. The number of amides is 2. The number of rotatable bonds is 4. The summed E-state index contributed by atoms with van der Waals surface area (Å²) in [6.07, 6.45) is 6.28. The summed E-state index contributed by atoms with van der Waals surface area (Å²) < 4.78 is 3.38. The molecule has 4 aromatic heterocycles. The summed E-state index contributed by atoms with van der Waals surface area (Å²) >= 11 is 12.1. The molecule has 301 valence electrons. The Labute approximate surface area is 399 Å². The van der Waals surface area contributed by atoms with Gasteiger partial charge in [0.1, 0.15) is 18.2 Å². The molecule has 0 N–H and O–H groups in total. The molecule has 0 spiro atoms. The minimum atomic E-state index is -0.581. The Morgan fingerprint density at radius 1 is 0.632 bits per heavy atom. The average Bonchev–Trinajstić information content (AvgIpc) is 3.98. The fourth-order valence-electron chi connectivity index (χ4n) is 5.55. The molecule has 57 heavy (non-hydrogen) atoms. The van der Waals surface area contributed by atoms with Gasteiger partial charge in [-0.3, -0.25) is 14.2 Å². The second kappa shape index (κ2) is 25.4. The molecule has 2 atom stereocenters. The van der Waals surface area contributed by atoms with E-state index in [-0.39, 0.29) is 16.7 Å². The topological polar surface area (TPSA) is 153 Å². The molecule has 2 aliphatic rings. The number of nitrogens with zero attached hydrogens (tertiary/aromatic N) is 12. The van der Waals surface area contributed by atoms with Crippen molar-refractivity contribution in [1.29, 1.82) is 0 Å². The molecule has 0 bridgehead atoms. The van der Waals surface area contributed by atoms with E-state index in [1.54, 1.807) is 21.8 Å². The van der Waals surface area contributed by atoms with Crippen LogP contribution in [0.2, 0.25) is 0 Å². The van der Waals surface area contributed by atoms with Crippen LogP contribution in [0.4, 0.5) is 11.4 Å². The van der Waals surface area contributed by atoms with Crippen LogP contribution in [0.15, 0.2) is 96.0 Å². The molecule has 2 aromatic carbocycles. The Hall–Kier alpha value is -1.36. The number of hydrogen-bond acceptors (Lipinski definition) is 10. The molecule has 8 rings (SSSR count). The number of carbonyl (C=O) groups excluding carboxylic acids is 2. The van der Waals surface area contributed by atoms with Gasteiger partial charge < -0.3 is 0 Å². The first-order valence-electron chi connectivity index (χ1n) is 17.3. The van der Waals surface area contributed by atoms with Crippen molar-refractivity contribution in [2.45, 2.75) is 67.5 Å². The molecule has 6 aromatic rings. The van der Waals surface area contributed by atoms with Crippen LogP contribution in [0.25, 0.3) is 22.2 Å². The average molecular weight is 1410 g/mol. The summed E-state index contributed by atoms with van der Waals surface area (Å²) in [6.45, 7) is 15.4. The van der Waals surface area contributed by atoms with Crippen molar-refractivity contribution in [3.05, 3.63) is 97.2 Å². The fraction of sp³-hybridized carbons (Fsp3) is 0.278. The van der Waals surface area contributed by atoms with Crippen molar-refractivity contribution in [3.63, 3.8) is 0 Å². The molecule has 2 unspecified atom stereocenters. The molecule has 0 aliphatic carbocycles. The van der Waals surface area contributed by atoms with E-state index in [0.29, 0.717) is 37.7 Å². The number of aryl methyl sites for hydroxylation is 2. The molecule has 14 nitrogen and oxygen atoms in total. The van der Waals surface area contributed by atoms with E-state index in [1.807, 2.05) is 116 Å². The molecule has 2 amide bonds. The summed E-state index contributed by atoms with van der Waals surface area (Å²) in [5.41, 5.74) is 6.47. The first-order chi connectivity index (χ1) is 27.5. The van der Waals surface area contributed by atoms with E-state index in [1.165, 1.54) is 22.7 Å². The van der Waals surface area contributed by atoms with E-state index in [0.717, 1.165) is 28.1 Å². The van der Waals surface area contributed by atoms with Gasteiger partial charge in [0.15, 0.2) is 23.4 Å². The number of halogens is 5. The SMILES string of the molecule is CC.CC.CC1=NN(c2ccccc2)C(=O)C1n1cnc2c(C)ncnc21.CC1=NN(c2ccccc2)C(=O)C1n1ncc2c(C)ncnc21.[I][V]([I])[I].[I][V][I]. The first-order valence-corrected chi connectivity index (χ1v) is 39.9. The number of para-hydroxylation sites is 2. The first kappa shape index (κ1) is 50.0. The number of anilines is 2. The van der Waals surface area contributed by atoms with Gasteiger partial charge in [0.05, 0.1) is 52.1 Å². The molecule has 2 aliphatic heterocycles. The van der Waals surface area contributed by atoms with Crippen LogP contribution in [0.3, 0.4) is 0 Å². The molecular formula is C36H40I5N12O2V2. The monoisotopic (exact) mass is 1410 g/mol. The van der Waals surface area contributed by atoms with Gasteiger partial charge in [0, 0.05) is 0 Å². The summed E-state index contributed by atoms with van der Waals surface area (Å²) in [4.78, 5) is 46.6. The number of hydrazone groups is 2. The normalized spacial score (nSPS) is 15.5. The van der Waals surface area contributed by atoms with E-state index < -0.39 is 12.1 Å². The van der Waals surface area contributed by atoms with E-state index in [4.69, 9.17) is 0 Å². The van der Waals surface area contributed by atoms with Crippen molar-refractivity contribution in [3.8, 4) is 0 Å². The predicted octanol–water partition coefficient (Wildman–Crippen LogP) is 10.7. The number of hydrogen-bond donors (Lipinski definition) is 0. The van der Waals surface area contributed by atoms with Crippen LogP contribution in [0.5, 0.6) is 0 Å². The number of fused-ring (bicyclic) bond motifs is 2. The molecule has 0 fully saturated rings. The van der Waals surface area contributed by atoms with E-state index in [9.17, 15) is 9.59 Å². The van der Waals surface area contributed by atoms with Crippen molar-refractivity contribution >= 4 is 157 Å². The van der Waals surface area contributed by atoms with Gasteiger partial charge in [-0.25, -0.2) is 29.6 Å². The van der Waals surface area contributed by atoms with Gasteiger partial charge in [-0.15, -0.1) is 0 Å². The molecule has 0 saturated carbocycles. The quantitative estimate of drug-likeness (QED) is 0.158. The predicted molar refractivity (Wildman–Crippen MR) is 265 cm³/mol. The molecule has 21 heteroatoms. The Balaban J connectivity index is 0.000000245. The van der Waals surface area contributed by atoms with E-state index in [2.05, 4.69) is 140 Å². The van der Waals surface area contributed by atoms with Gasteiger partial charge in [0.25, 0.3) is 11.8 Å². The maximum absolute atomic E-state index is 12.9. The van der Waals surface area contributed by atoms with Crippen LogP contribution in [-0.2, 0) is 24.0 Å². The molecular weight excluding hydrogens is 1370 g/mol. The van der Waals surface area contributed by atoms with Crippen LogP contribution in [0.1, 0.15) is 65.0 Å². The Bertz CT molecular complexity index is 2120. The zero-order valence-corrected chi connectivity index (χ0v) is 45.8. The van der Waals surface area contributed by atoms with Gasteiger partial charge in [-0.05, 0) is 52.0 Å². The van der Waals surface area contributed by atoms with Crippen molar-refractivity contribution < 1.29 is 24.0 Å². The van der Waals surface area contributed by atoms with Crippen LogP contribution in [-0.4, -0.2) is 62.5 Å². The third-order valence-corrected chi connectivity index (χ3v) is 7.85. The molecule has 6 heterocycles. The second-order valence-electron chi connectivity index (χ2n) is 11.1. The second-order valence-corrected chi connectivity index (χ2v) is 58.2. The summed E-state index contributed by atoms with van der Waals surface area (Å²) in [6, 6.07) is 17.6. The number of benzene rings is 2. The number of aromatic nitrogens is 8. The zero-order valence-electron chi connectivity index (χ0n) is 32.2. The Kier molecular flexibility index (Phi) is 22.3. The van der Waals surface area contributed by atoms with Gasteiger partial charge in [-0.1, -0.05) is 64.1 Å².